The first-order chi connectivity index (χ1) is 6.72. The molecule has 0 N–H and O–H groups in total. The van der Waals surface area contributed by atoms with Crippen LogP contribution >= 0.6 is 0 Å². The Bertz CT molecular complexity index is 288. The molecular weight excluding hydrogens is 176 g/mol. The molecule has 1 aromatic carbocycles. The lowest BCUT2D eigenvalue weighted by Gasteiger charge is -2.03. The van der Waals surface area contributed by atoms with Gasteiger partial charge in [0.1, 0.15) is 5.75 Å². The van der Waals surface area contributed by atoms with Crippen molar-refractivity contribution < 1.29 is 9.53 Å². The van der Waals surface area contributed by atoms with E-state index in [2.05, 4.69) is 6.92 Å². The van der Waals surface area contributed by atoms with Gasteiger partial charge in [-0.2, -0.15) is 0 Å². The summed E-state index contributed by atoms with van der Waals surface area (Å²) >= 11 is 0. The fraction of sp³-hybridized carbons (Fsp3) is 0.417. The van der Waals surface area contributed by atoms with Gasteiger partial charge in [0, 0.05) is 6.42 Å². The quantitative estimate of drug-likeness (QED) is 0.541. The first-order valence-corrected chi connectivity index (χ1v) is 4.99. The van der Waals surface area contributed by atoms with Crippen LogP contribution < -0.4 is 4.74 Å². The number of carbonyl (C=O) groups is 1. The van der Waals surface area contributed by atoms with Gasteiger partial charge in [-0.15, -0.1) is 0 Å². The van der Waals surface area contributed by atoms with E-state index in [1.807, 2.05) is 31.2 Å². The summed E-state index contributed by atoms with van der Waals surface area (Å²) < 4.78 is 5.13. The standard InChI is InChI=1S/C12H16O2/c1-3-4-5-12(13)14-11-8-6-10(2)7-9-11/h6-9H,3-5H2,1-2H3. The summed E-state index contributed by atoms with van der Waals surface area (Å²) in [6.45, 7) is 4.06. The molecule has 0 fully saturated rings. The third-order valence-electron chi connectivity index (χ3n) is 1.99. The molecule has 0 spiro atoms. The van der Waals surface area contributed by atoms with Gasteiger partial charge in [0.2, 0.25) is 0 Å². The third kappa shape index (κ3) is 3.60. The zero-order valence-corrected chi connectivity index (χ0v) is 8.75. The van der Waals surface area contributed by atoms with Crippen molar-refractivity contribution in [1.29, 1.82) is 0 Å². The maximum atomic E-state index is 11.2. The smallest absolute Gasteiger partial charge is 0.311 e. The lowest BCUT2D eigenvalue weighted by atomic mass is 10.2. The average molecular weight is 192 g/mol. The number of hydrogen-bond acceptors (Lipinski definition) is 2. The van der Waals surface area contributed by atoms with E-state index in [0.717, 1.165) is 12.8 Å². The highest BCUT2D eigenvalue weighted by atomic mass is 16.5. The first kappa shape index (κ1) is 10.8. The first-order valence-electron chi connectivity index (χ1n) is 4.99. The molecule has 0 aliphatic heterocycles. The van der Waals surface area contributed by atoms with Crippen LogP contribution in [0, 0.1) is 6.92 Å². The normalized spacial score (nSPS) is 9.86. The second kappa shape index (κ2) is 5.43. The Balaban J connectivity index is 2.44. The molecule has 14 heavy (non-hydrogen) atoms. The summed E-state index contributed by atoms with van der Waals surface area (Å²) in [7, 11) is 0. The fourth-order valence-electron chi connectivity index (χ4n) is 1.11. The Kier molecular flexibility index (Phi) is 4.17. The number of unbranched alkanes of at least 4 members (excludes halogenated alkanes) is 1. The van der Waals surface area contributed by atoms with Gasteiger partial charge >= 0.3 is 5.97 Å². The summed E-state index contributed by atoms with van der Waals surface area (Å²) in [5.41, 5.74) is 1.17. The number of ether oxygens (including phenoxy) is 1. The second-order valence-corrected chi connectivity index (χ2v) is 3.39. The van der Waals surface area contributed by atoms with E-state index < -0.39 is 0 Å². The van der Waals surface area contributed by atoms with Crippen molar-refractivity contribution in [3.05, 3.63) is 29.8 Å². The maximum Gasteiger partial charge on any atom is 0.311 e. The van der Waals surface area contributed by atoms with Gasteiger partial charge in [-0.25, -0.2) is 0 Å². The molecule has 1 rings (SSSR count). The highest BCUT2D eigenvalue weighted by Crippen LogP contribution is 2.12. The Hall–Kier alpha value is -1.31. The summed E-state index contributed by atoms with van der Waals surface area (Å²) in [5.74, 6) is 0.493. The van der Waals surface area contributed by atoms with Crippen molar-refractivity contribution in [2.24, 2.45) is 0 Å². The number of rotatable bonds is 4. The van der Waals surface area contributed by atoms with E-state index >= 15 is 0 Å². The van der Waals surface area contributed by atoms with Gasteiger partial charge in [-0.3, -0.25) is 4.79 Å². The number of esters is 1. The van der Waals surface area contributed by atoms with E-state index in [1.165, 1.54) is 5.56 Å². The molecule has 0 atom stereocenters. The Morgan fingerprint density at radius 2 is 1.93 bits per heavy atom. The SMILES string of the molecule is CCCCC(=O)Oc1ccc(C)cc1. The molecule has 76 valence electrons. The molecule has 2 heteroatoms. The van der Waals surface area contributed by atoms with Crippen LogP contribution in [0.3, 0.4) is 0 Å². The third-order valence-corrected chi connectivity index (χ3v) is 1.99. The highest BCUT2D eigenvalue weighted by Gasteiger charge is 2.02. The van der Waals surface area contributed by atoms with E-state index in [0.29, 0.717) is 12.2 Å². The topological polar surface area (TPSA) is 26.3 Å². The van der Waals surface area contributed by atoms with Crippen LogP contribution in [-0.2, 0) is 4.79 Å². The van der Waals surface area contributed by atoms with Gasteiger partial charge in [-0.05, 0) is 25.5 Å². The summed E-state index contributed by atoms with van der Waals surface area (Å²) in [6.07, 6.45) is 2.41. The van der Waals surface area contributed by atoms with Crippen molar-refractivity contribution >= 4 is 5.97 Å². The average Bonchev–Trinajstić information content (AvgIpc) is 2.18. The van der Waals surface area contributed by atoms with Gasteiger partial charge in [0.15, 0.2) is 0 Å². The lowest BCUT2D eigenvalue weighted by Crippen LogP contribution is -2.07. The Morgan fingerprint density at radius 1 is 1.29 bits per heavy atom. The summed E-state index contributed by atoms with van der Waals surface area (Å²) in [5, 5.41) is 0. The molecule has 1 aromatic rings. The minimum atomic E-state index is -0.143. The zero-order chi connectivity index (χ0) is 10.4. The van der Waals surface area contributed by atoms with Gasteiger partial charge < -0.3 is 4.74 Å². The molecule has 0 saturated heterocycles. The van der Waals surface area contributed by atoms with E-state index in [4.69, 9.17) is 4.74 Å². The second-order valence-electron chi connectivity index (χ2n) is 3.39. The van der Waals surface area contributed by atoms with Gasteiger partial charge in [-0.1, -0.05) is 31.0 Å². The molecule has 0 aliphatic carbocycles. The number of benzene rings is 1. The van der Waals surface area contributed by atoms with Crippen LogP contribution in [0.1, 0.15) is 31.7 Å². The van der Waals surface area contributed by atoms with E-state index in [9.17, 15) is 4.79 Å². The number of carbonyl (C=O) groups excluding carboxylic acids is 1. The Labute approximate surface area is 84.9 Å². The maximum absolute atomic E-state index is 11.2. The molecule has 0 radical (unpaired) electrons. The van der Waals surface area contributed by atoms with E-state index in [-0.39, 0.29) is 5.97 Å². The summed E-state index contributed by atoms with van der Waals surface area (Å²) in [4.78, 5) is 11.2. The van der Waals surface area contributed by atoms with Gasteiger partial charge in [0.25, 0.3) is 0 Å². The van der Waals surface area contributed by atoms with E-state index in [1.54, 1.807) is 0 Å². The largest absolute Gasteiger partial charge is 0.427 e. The molecule has 0 amide bonds. The predicted octanol–water partition coefficient (Wildman–Crippen LogP) is 3.09. The molecule has 0 aliphatic rings. The van der Waals surface area contributed by atoms with Crippen molar-refractivity contribution in [2.75, 3.05) is 0 Å². The Morgan fingerprint density at radius 3 is 2.50 bits per heavy atom. The summed E-state index contributed by atoms with van der Waals surface area (Å²) in [6, 6.07) is 7.50. The van der Waals surface area contributed by atoms with Crippen LogP contribution in [0.25, 0.3) is 0 Å². The van der Waals surface area contributed by atoms with Crippen molar-refractivity contribution in [1.82, 2.24) is 0 Å². The minimum Gasteiger partial charge on any atom is -0.427 e. The van der Waals surface area contributed by atoms with Gasteiger partial charge in [0.05, 0.1) is 0 Å². The van der Waals surface area contributed by atoms with Crippen LogP contribution in [0.15, 0.2) is 24.3 Å². The zero-order valence-electron chi connectivity index (χ0n) is 8.75. The number of hydrogen-bond donors (Lipinski definition) is 0. The van der Waals surface area contributed by atoms with Crippen molar-refractivity contribution in [2.45, 2.75) is 33.1 Å². The highest BCUT2D eigenvalue weighted by molar-refractivity contribution is 5.72. The lowest BCUT2D eigenvalue weighted by molar-refractivity contribution is -0.134. The van der Waals surface area contributed by atoms with Crippen molar-refractivity contribution in [3.8, 4) is 5.75 Å². The molecule has 0 bridgehead atoms. The van der Waals surface area contributed by atoms with Crippen molar-refractivity contribution in [3.63, 3.8) is 0 Å². The monoisotopic (exact) mass is 192 g/mol. The molecule has 0 heterocycles. The number of aryl methyl sites for hydroxylation is 1. The van der Waals surface area contributed by atoms with Crippen LogP contribution in [0.5, 0.6) is 5.75 Å². The molecule has 0 aromatic heterocycles. The molecular formula is C12H16O2. The van der Waals surface area contributed by atoms with Crippen LogP contribution in [0.4, 0.5) is 0 Å². The van der Waals surface area contributed by atoms with Crippen LogP contribution in [0.2, 0.25) is 0 Å². The predicted molar refractivity (Wildman–Crippen MR) is 56.3 cm³/mol. The van der Waals surface area contributed by atoms with Crippen LogP contribution in [-0.4, -0.2) is 5.97 Å². The molecule has 2 nitrogen and oxygen atoms in total. The molecule has 0 saturated carbocycles. The minimum absolute atomic E-state index is 0.143. The fourth-order valence-corrected chi connectivity index (χ4v) is 1.11. The molecule has 0 unspecified atom stereocenters.